The molecular weight excluding hydrogens is 432 g/mol. The summed E-state index contributed by atoms with van der Waals surface area (Å²) in [6.07, 6.45) is 0. The second kappa shape index (κ2) is 7.87. The molecule has 0 saturated carbocycles. The summed E-state index contributed by atoms with van der Waals surface area (Å²) in [5, 5.41) is 5.18. The average Bonchev–Trinajstić information content (AvgIpc) is 3.28. The average molecular weight is 447 g/mol. The molecule has 2 N–H and O–H groups in total. The first kappa shape index (κ1) is 20.6. The lowest BCUT2D eigenvalue weighted by atomic mass is 9.92. The number of benzene rings is 2. The predicted octanol–water partition coefficient (Wildman–Crippen LogP) is 2.70. The maximum Gasteiger partial charge on any atom is 0.387 e. The van der Waals surface area contributed by atoms with Gasteiger partial charge in [-0.15, -0.1) is 0 Å². The van der Waals surface area contributed by atoms with Crippen LogP contribution < -0.4 is 15.4 Å². The standard InChI is InChI=1S/C19H15F2N5O4S/c1-19(10-5-7-11(8-6-10)30-17(20)21)16(28)26(18(29)23-19)9-14(27)22-12-3-2-4-13-15(12)25-31-24-13/h2-8,17H,9H2,1H3,(H,22,27)(H,23,29)/t19-/m0/s1. The molecule has 4 amide bonds. The van der Waals surface area contributed by atoms with Gasteiger partial charge in [0, 0.05) is 0 Å². The first-order valence-electron chi connectivity index (χ1n) is 8.98. The van der Waals surface area contributed by atoms with Crippen molar-refractivity contribution in [3.63, 3.8) is 0 Å². The lowest BCUT2D eigenvalue weighted by molar-refractivity contribution is -0.133. The normalized spacial score (nSPS) is 18.5. The highest BCUT2D eigenvalue weighted by Crippen LogP contribution is 2.30. The van der Waals surface area contributed by atoms with Crippen molar-refractivity contribution in [3.05, 3.63) is 48.0 Å². The minimum absolute atomic E-state index is 0.0824. The highest BCUT2D eigenvalue weighted by Gasteiger charge is 2.49. The molecular formula is C19H15F2N5O4S. The molecule has 31 heavy (non-hydrogen) atoms. The van der Waals surface area contributed by atoms with E-state index in [0.717, 1.165) is 16.6 Å². The van der Waals surface area contributed by atoms with Crippen LogP contribution >= 0.6 is 11.7 Å². The molecule has 1 fully saturated rings. The van der Waals surface area contributed by atoms with E-state index in [1.165, 1.54) is 31.2 Å². The Morgan fingerprint density at radius 2 is 1.97 bits per heavy atom. The van der Waals surface area contributed by atoms with Gasteiger partial charge in [0.25, 0.3) is 5.91 Å². The van der Waals surface area contributed by atoms with E-state index in [9.17, 15) is 23.2 Å². The van der Waals surface area contributed by atoms with Gasteiger partial charge in [-0.05, 0) is 36.8 Å². The van der Waals surface area contributed by atoms with Gasteiger partial charge in [0.05, 0.1) is 17.4 Å². The third-order valence-electron chi connectivity index (χ3n) is 4.79. The molecule has 1 aliphatic rings. The van der Waals surface area contributed by atoms with Crippen molar-refractivity contribution in [1.29, 1.82) is 0 Å². The third-order valence-corrected chi connectivity index (χ3v) is 5.34. The first-order chi connectivity index (χ1) is 14.8. The lowest BCUT2D eigenvalue weighted by Gasteiger charge is -2.22. The summed E-state index contributed by atoms with van der Waals surface area (Å²) in [5.41, 5.74) is 0.438. The van der Waals surface area contributed by atoms with Crippen molar-refractivity contribution in [1.82, 2.24) is 19.0 Å². The minimum atomic E-state index is -2.98. The number of urea groups is 1. The zero-order chi connectivity index (χ0) is 22.2. The Morgan fingerprint density at radius 3 is 2.68 bits per heavy atom. The molecule has 12 heteroatoms. The molecule has 2 aromatic carbocycles. The van der Waals surface area contributed by atoms with E-state index in [4.69, 9.17) is 0 Å². The second-order valence-corrected chi connectivity index (χ2v) is 7.36. The predicted molar refractivity (Wildman–Crippen MR) is 107 cm³/mol. The highest BCUT2D eigenvalue weighted by molar-refractivity contribution is 7.00. The number of carbonyl (C=O) groups is 3. The van der Waals surface area contributed by atoms with Gasteiger partial charge in [0.1, 0.15) is 28.9 Å². The van der Waals surface area contributed by atoms with Crippen LogP contribution in [0, 0.1) is 0 Å². The smallest absolute Gasteiger partial charge is 0.387 e. The molecule has 1 atom stereocenters. The van der Waals surface area contributed by atoms with Crippen molar-refractivity contribution in [2.75, 3.05) is 11.9 Å². The fraction of sp³-hybridized carbons (Fsp3) is 0.211. The molecule has 160 valence electrons. The van der Waals surface area contributed by atoms with E-state index in [-0.39, 0.29) is 5.75 Å². The number of hydrogen-bond donors (Lipinski definition) is 2. The molecule has 9 nitrogen and oxygen atoms in total. The molecule has 0 aliphatic carbocycles. The van der Waals surface area contributed by atoms with E-state index in [1.807, 2.05) is 0 Å². The number of rotatable bonds is 6. The first-order valence-corrected chi connectivity index (χ1v) is 9.71. The topological polar surface area (TPSA) is 114 Å². The fourth-order valence-electron chi connectivity index (χ4n) is 3.25. The Morgan fingerprint density at radius 1 is 1.23 bits per heavy atom. The Hall–Kier alpha value is -3.67. The number of alkyl halides is 2. The van der Waals surface area contributed by atoms with Crippen LogP contribution in [0.2, 0.25) is 0 Å². The van der Waals surface area contributed by atoms with Gasteiger partial charge in [-0.25, -0.2) is 4.79 Å². The van der Waals surface area contributed by atoms with E-state index in [2.05, 4.69) is 24.1 Å². The number of carbonyl (C=O) groups excluding carboxylic acids is 3. The van der Waals surface area contributed by atoms with Crippen molar-refractivity contribution in [3.8, 4) is 5.75 Å². The van der Waals surface area contributed by atoms with E-state index >= 15 is 0 Å². The molecule has 1 saturated heterocycles. The van der Waals surface area contributed by atoms with Gasteiger partial charge >= 0.3 is 12.6 Å². The number of fused-ring (bicyclic) bond motifs is 1. The van der Waals surface area contributed by atoms with E-state index in [0.29, 0.717) is 22.3 Å². The van der Waals surface area contributed by atoms with Crippen molar-refractivity contribution < 1.29 is 27.9 Å². The largest absolute Gasteiger partial charge is 0.435 e. The summed E-state index contributed by atoms with van der Waals surface area (Å²) >= 11 is 0.999. The van der Waals surface area contributed by atoms with Crippen LogP contribution in [0.4, 0.5) is 19.3 Å². The summed E-state index contributed by atoms with van der Waals surface area (Å²) in [7, 11) is 0. The Balaban J connectivity index is 1.48. The van der Waals surface area contributed by atoms with Crippen LogP contribution in [0.15, 0.2) is 42.5 Å². The zero-order valence-electron chi connectivity index (χ0n) is 16.0. The van der Waals surface area contributed by atoms with Gasteiger partial charge in [-0.2, -0.15) is 17.5 Å². The van der Waals surface area contributed by atoms with E-state index < -0.39 is 36.5 Å². The van der Waals surface area contributed by atoms with Crippen LogP contribution in [-0.4, -0.2) is 44.6 Å². The number of anilines is 1. The Bertz CT molecular complexity index is 1170. The monoisotopic (exact) mass is 447 g/mol. The highest BCUT2D eigenvalue weighted by atomic mass is 32.1. The molecule has 1 aliphatic heterocycles. The molecule has 0 unspecified atom stereocenters. The summed E-state index contributed by atoms with van der Waals surface area (Å²) < 4.78 is 37.1. The van der Waals surface area contributed by atoms with Crippen LogP contribution in [-0.2, 0) is 15.1 Å². The van der Waals surface area contributed by atoms with Crippen LogP contribution in [0.1, 0.15) is 12.5 Å². The van der Waals surface area contributed by atoms with Crippen molar-refractivity contribution in [2.24, 2.45) is 0 Å². The molecule has 0 radical (unpaired) electrons. The number of aromatic nitrogens is 2. The maximum absolute atomic E-state index is 13.0. The number of imide groups is 1. The lowest BCUT2D eigenvalue weighted by Crippen LogP contribution is -2.42. The van der Waals surface area contributed by atoms with Gasteiger partial charge in [-0.1, -0.05) is 18.2 Å². The molecule has 0 spiro atoms. The molecule has 0 bridgehead atoms. The fourth-order valence-corrected chi connectivity index (χ4v) is 3.80. The van der Waals surface area contributed by atoms with Crippen LogP contribution in [0.5, 0.6) is 5.75 Å². The zero-order valence-corrected chi connectivity index (χ0v) is 16.8. The number of ether oxygens (including phenoxy) is 1. The molecule has 3 aromatic rings. The molecule has 1 aromatic heterocycles. The number of halogens is 2. The van der Waals surface area contributed by atoms with Crippen LogP contribution in [0.3, 0.4) is 0 Å². The second-order valence-electron chi connectivity index (χ2n) is 6.84. The molecule has 4 rings (SSSR count). The Labute approximate surface area is 178 Å². The Kier molecular flexibility index (Phi) is 5.23. The molecule has 2 heterocycles. The van der Waals surface area contributed by atoms with Gasteiger partial charge in [-0.3, -0.25) is 14.5 Å². The van der Waals surface area contributed by atoms with Gasteiger partial charge in [0.2, 0.25) is 5.91 Å². The number of amides is 4. The quantitative estimate of drug-likeness (QED) is 0.562. The maximum atomic E-state index is 13.0. The summed E-state index contributed by atoms with van der Waals surface area (Å²) in [6, 6.07) is 9.67. The minimum Gasteiger partial charge on any atom is -0.435 e. The third kappa shape index (κ3) is 3.89. The van der Waals surface area contributed by atoms with Gasteiger partial charge < -0.3 is 15.4 Å². The summed E-state index contributed by atoms with van der Waals surface area (Å²) in [5.74, 6) is -1.32. The number of nitrogens with zero attached hydrogens (tertiary/aromatic N) is 3. The summed E-state index contributed by atoms with van der Waals surface area (Å²) in [4.78, 5) is 38.7. The van der Waals surface area contributed by atoms with Crippen LogP contribution in [0.25, 0.3) is 11.0 Å². The van der Waals surface area contributed by atoms with Gasteiger partial charge in [0.15, 0.2) is 0 Å². The summed E-state index contributed by atoms with van der Waals surface area (Å²) in [6.45, 7) is -2.02. The number of nitrogens with one attached hydrogen (secondary N) is 2. The SMILES string of the molecule is C[C@@]1(c2ccc(OC(F)F)cc2)NC(=O)N(CC(=O)Nc2cccc3nsnc23)C1=O. The van der Waals surface area contributed by atoms with Crippen molar-refractivity contribution >= 4 is 46.3 Å². The van der Waals surface area contributed by atoms with Crippen molar-refractivity contribution in [2.45, 2.75) is 19.1 Å². The van der Waals surface area contributed by atoms with E-state index in [1.54, 1.807) is 18.2 Å². The number of hydrogen-bond acceptors (Lipinski definition) is 7.